The molecule has 8 heteroatoms. The molecule has 0 bridgehead atoms. The number of hydrogen-bond donors (Lipinski definition) is 1. The minimum atomic E-state index is -3.91. The van der Waals surface area contributed by atoms with E-state index in [-0.39, 0.29) is 31.9 Å². The molecule has 0 fully saturated rings. The predicted octanol–water partition coefficient (Wildman–Crippen LogP) is 5.09. The summed E-state index contributed by atoms with van der Waals surface area (Å²) >= 11 is 18.0. The van der Waals surface area contributed by atoms with E-state index in [4.69, 9.17) is 34.8 Å². The maximum Gasteiger partial charge on any atom is 0.243 e. The average molecular weight is 436 g/mol. The lowest BCUT2D eigenvalue weighted by molar-refractivity contribution is 0.449. The van der Waals surface area contributed by atoms with Gasteiger partial charge >= 0.3 is 0 Å². The van der Waals surface area contributed by atoms with E-state index < -0.39 is 10.0 Å². The molecule has 0 amide bonds. The average Bonchev–Trinajstić information content (AvgIpc) is 2.53. The molecule has 2 aromatic carbocycles. The third-order valence-electron chi connectivity index (χ3n) is 4.01. The first-order valence-electron chi connectivity index (χ1n) is 8.05. The van der Waals surface area contributed by atoms with E-state index in [1.165, 1.54) is 12.1 Å². The minimum absolute atomic E-state index is 0.00563. The molecule has 26 heavy (non-hydrogen) atoms. The van der Waals surface area contributed by atoms with E-state index in [0.29, 0.717) is 6.54 Å². The Morgan fingerprint density at radius 1 is 1.04 bits per heavy atom. The molecule has 142 valence electrons. The van der Waals surface area contributed by atoms with Crippen LogP contribution in [0.4, 0.5) is 5.69 Å². The Balaban J connectivity index is 2.27. The Kier molecular flexibility index (Phi) is 7.22. The van der Waals surface area contributed by atoms with E-state index in [1.807, 2.05) is 56.1 Å². The van der Waals surface area contributed by atoms with Crippen LogP contribution < -0.4 is 9.62 Å². The molecule has 1 N–H and O–H groups in total. The Morgan fingerprint density at radius 2 is 1.58 bits per heavy atom. The maximum absolute atomic E-state index is 12.9. The van der Waals surface area contributed by atoms with Crippen LogP contribution in [0.3, 0.4) is 0 Å². The number of para-hydroxylation sites is 1. The van der Waals surface area contributed by atoms with Crippen molar-refractivity contribution in [2.24, 2.45) is 5.92 Å². The Morgan fingerprint density at radius 3 is 2.08 bits per heavy atom. The molecule has 4 nitrogen and oxygen atoms in total. The molecule has 0 aromatic heterocycles. The topological polar surface area (TPSA) is 49.4 Å². The minimum Gasteiger partial charge on any atom is -0.373 e. The lowest BCUT2D eigenvalue weighted by Gasteiger charge is -2.29. The van der Waals surface area contributed by atoms with Crippen LogP contribution >= 0.6 is 34.8 Å². The molecule has 0 saturated carbocycles. The van der Waals surface area contributed by atoms with Crippen LogP contribution in [0.1, 0.15) is 13.8 Å². The van der Waals surface area contributed by atoms with Crippen molar-refractivity contribution in [1.82, 2.24) is 4.72 Å². The zero-order valence-corrected chi connectivity index (χ0v) is 17.8. The highest BCUT2D eigenvalue weighted by Crippen LogP contribution is 2.33. The molecule has 2 aromatic rings. The lowest BCUT2D eigenvalue weighted by atomic mass is 10.1. The SMILES string of the molecule is CC(C)C(CN(C)c1ccccc1)NS(=O)(=O)c1c(Cl)cc(Cl)cc1Cl. The largest absolute Gasteiger partial charge is 0.373 e. The second-order valence-electron chi connectivity index (χ2n) is 6.39. The molecule has 1 unspecified atom stereocenters. The first kappa shape index (κ1) is 21.3. The fourth-order valence-corrected chi connectivity index (χ4v) is 5.43. The van der Waals surface area contributed by atoms with Gasteiger partial charge in [0.2, 0.25) is 10.0 Å². The molecule has 0 saturated heterocycles. The molecular weight excluding hydrogens is 415 g/mol. The van der Waals surface area contributed by atoms with Crippen molar-refractivity contribution in [1.29, 1.82) is 0 Å². The zero-order chi connectivity index (χ0) is 19.5. The van der Waals surface area contributed by atoms with Crippen LogP contribution in [0.5, 0.6) is 0 Å². The van der Waals surface area contributed by atoms with E-state index >= 15 is 0 Å². The van der Waals surface area contributed by atoms with Crippen LogP contribution in [0.2, 0.25) is 15.1 Å². The van der Waals surface area contributed by atoms with Crippen molar-refractivity contribution in [3.05, 3.63) is 57.5 Å². The number of rotatable bonds is 7. The molecule has 2 rings (SSSR count). The third kappa shape index (κ3) is 5.27. The van der Waals surface area contributed by atoms with Gasteiger partial charge in [-0.1, -0.05) is 66.8 Å². The van der Waals surface area contributed by atoms with Crippen molar-refractivity contribution in [2.75, 3.05) is 18.5 Å². The highest BCUT2D eigenvalue weighted by molar-refractivity contribution is 7.89. The van der Waals surface area contributed by atoms with Crippen LogP contribution in [0.25, 0.3) is 0 Å². The number of halogens is 3. The maximum atomic E-state index is 12.9. The number of hydrogen-bond acceptors (Lipinski definition) is 3. The molecule has 0 aliphatic heterocycles. The van der Waals surface area contributed by atoms with Crippen molar-refractivity contribution in [3.63, 3.8) is 0 Å². The summed E-state index contributed by atoms with van der Waals surface area (Å²) in [7, 11) is -1.99. The van der Waals surface area contributed by atoms with Gasteiger partial charge in [-0.05, 0) is 30.2 Å². The molecule has 0 radical (unpaired) electrons. The van der Waals surface area contributed by atoms with E-state index in [9.17, 15) is 8.42 Å². The number of nitrogens with one attached hydrogen (secondary N) is 1. The zero-order valence-electron chi connectivity index (χ0n) is 14.7. The molecule has 0 aliphatic carbocycles. The van der Waals surface area contributed by atoms with Crippen LogP contribution in [0, 0.1) is 5.92 Å². The van der Waals surface area contributed by atoms with Crippen molar-refractivity contribution < 1.29 is 8.42 Å². The summed E-state index contributed by atoms with van der Waals surface area (Å²) in [5.41, 5.74) is 1.000. The van der Waals surface area contributed by atoms with Gasteiger partial charge in [0.25, 0.3) is 0 Å². The second kappa shape index (κ2) is 8.81. The van der Waals surface area contributed by atoms with Gasteiger partial charge in [-0.2, -0.15) is 0 Å². The molecule has 1 atom stereocenters. The van der Waals surface area contributed by atoms with Crippen LogP contribution in [-0.4, -0.2) is 28.1 Å². The summed E-state index contributed by atoms with van der Waals surface area (Å²) in [4.78, 5) is 1.84. The quantitative estimate of drug-likeness (QED) is 0.659. The molecule has 0 spiro atoms. The van der Waals surface area contributed by atoms with Crippen LogP contribution in [-0.2, 0) is 10.0 Å². The summed E-state index contributed by atoms with van der Waals surface area (Å²) in [6, 6.07) is 12.1. The van der Waals surface area contributed by atoms with Crippen molar-refractivity contribution in [3.8, 4) is 0 Å². The normalized spacial score (nSPS) is 13.0. The summed E-state index contributed by atoms with van der Waals surface area (Å²) in [6.45, 7) is 4.40. The van der Waals surface area contributed by atoms with Crippen molar-refractivity contribution >= 4 is 50.5 Å². The van der Waals surface area contributed by atoms with Gasteiger partial charge in [-0.25, -0.2) is 13.1 Å². The molecular formula is C18H21Cl3N2O2S. The highest BCUT2D eigenvalue weighted by Gasteiger charge is 2.28. The van der Waals surface area contributed by atoms with Gasteiger partial charge in [0.15, 0.2) is 0 Å². The summed E-state index contributed by atoms with van der Waals surface area (Å²) in [5, 5.41) is 0.269. The van der Waals surface area contributed by atoms with Gasteiger partial charge in [0.1, 0.15) is 4.90 Å². The van der Waals surface area contributed by atoms with E-state index in [0.717, 1.165) is 5.69 Å². The first-order valence-corrected chi connectivity index (χ1v) is 10.7. The van der Waals surface area contributed by atoms with Crippen molar-refractivity contribution in [2.45, 2.75) is 24.8 Å². The number of anilines is 1. The fraction of sp³-hybridized carbons (Fsp3) is 0.333. The van der Waals surface area contributed by atoms with Gasteiger partial charge in [-0.3, -0.25) is 0 Å². The Labute approximate surface area is 170 Å². The standard InChI is InChI=1S/C18H21Cl3N2O2S/c1-12(2)17(11-23(3)14-7-5-4-6-8-14)22-26(24,25)18-15(20)9-13(19)10-16(18)21/h4-10,12,17,22H,11H2,1-3H3. The van der Waals surface area contributed by atoms with Gasteiger partial charge in [0.05, 0.1) is 10.0 Å². The second-order valence-corrected chi connectivity index (χ2v) is 9.29. The van der Waals surface area contributed by atoms with Gasteiger partial charge in [0, 0.05) is 30.3 Å². The summed E-state index contributed by atoms with van der Waals surface area (Å²) in [5.74, 6) is 0.0563. The first-order chi connectivity index (χ1) is 12.1. The summed E-state index contributed by atoms with van der Waals surface area (Å²) < 4.78 is 28.5. The fourth-order valence-electron chi connectivity index (χ4n) is 2.51. The van der Waals surface area contributed by atoms with E-state index in [2.05, 4.69) is 4.72 Å². The highest BCUT2D eigenvalue weighted by atomic mass is 35.5. The predicted molar refractivity (Wildman–Crippen MR) is 110 cm³/mol. The van der Waals surface area contributed by atoms with Gasteiger partial charge < -0.3 is 4.90 Å². The number of likely N-dealkylation sites (N-methyl/N-ethyl adjacent to an activating group) is 1. The molecule has 0 heterocycles. The van der Waals surface area contributed by atoms with E-state index in [1.54, 1.807) is 0 Å². The summed E-state index contributed by atoms with van der Waals surface area (Å²) in [6.07, 6.45) is 0. The Hall–Kier alpha value is -0.980. The van der Waals surface area contributed by atoms with Crippen LogP contribution in [0.15, 0.2) is 47.4 Å². The third-order valence-corrected chi connectivity index (χ3v) is 6.64. The lowest BCUT2D eigenvalue weighted by Crippen LogP contribution is -2.46. The smallest absolute Gasteiger partial charge is 0.243 e. The Bertz CT molecular complexity index is 835. The monoisotopic (exact) mass is 434 g/mol. The number of benzene rings is 2. The number of sulfonamides is 1. The molecule has 0 aliphatic rings. The number of nitrogens with zero attached hydrogens (tertiary/aromatic N) is 1. The van der Waals surface area contributed by atoms with Gasteiger partial charge in [-0.15, -0.1) is 0 Å².